The summed E-state index contributed by atoms with van der Waals surface area (Å²) >= 11 is 0. The van der Waals surface area contributed by atoms with E-state index in [4.69, 9.17) is 0 Å². The molecule has 264 valence electrons. The molecule has 3 aromatic heterocycles. The van der Waals surface area contributed by atoms with Crippen molar-refractivity contribution >= 4 is 35.6 Å². The Kier molecular flexibility index (Phi) is 10.2. The first-order chi connectivity index (χ1) is 18.9. The zero-order chi connectivity index (χ0) is 36.3. The van der Waals surface area contributed by atoms with Gasteiger partial charge in [0.05, 0.1) is 0 Å². The summed E-state index contributed by atoms with van der Waals surface area (Å²) in [4.78, 5) is 0. The molecule has 3 heterocycles. The third kappa shape index (κ3) is 35.6. The van der Waals surface area contributed by atoms with Crippen molar-refractivity contribution in [3.05, 3.63) is 77.9 Å². The molecule has 3 aromatic rings. The van der Waals surface area contributed by atoms with Crippen LogP contribution in [0.3, 0.4) is 0 Å². The summed E-state index contributed by atoms with van der Waals surface area (Å²) in [6, 6.07) is 12.9. The van der Waals surface area contributed by atoms with Crippen molar-refractivity contribution in [3.63, 3.8) is 0 Å². The molecule has 3 nitrogen and oxygen atoms in total. The molecule has 45 heavy (non-hydrogen) atoms. The quantitative estimate of drug-likeness (QED) is 0.143. The molecule has 0 aromatic carbocycles. The van der Waals surface area contributed by atoms with Gasteiger partial charge in [-0.05, 0) is 23.6 Å². The van der Waals surface area contributed by atoms with E-state index in [2.05, 4.69) is 103 Å². The third-order valence-corrected chi connectivity index (χ3v) is 4.21. The fourth-order valence-corrected chi connectivity index (χ4v) is 2.69. The molecule has 0 atom stereocenters. The summed E-state index contributed by atoms with van der Waals surface area (Å²) < 4.78 is 184. The predicted molar refractivity (Wildman–Crippen MR) is 136 cm³/mol. The molecular weight excluding hydrogens is 729 g/mol. The molecule has 24 heteroatoms. The van der Waals surface area contributed by atoms with Crippen LogP contribution in [0.25, 0.3) is 23.5 Å². The Balaban J connectivity index is 0.000000753. The van der Waals surface area contributed by atoms with Crippen LogP contribution in [-0.4, -0.2) is 0 Å². The molecule has 0 radical (unpaired) electrons. The molecule has 0 saturated carbocycles. The van der Waals surface area contributed by atoms with Gasteiger partial charge in [-0.2, -0.15) is 9.13 Å². The second kappa shape index (κ2) is 10.9. The van der Waals surface area contributed by atoms with Gasteiger partial charge in [0.2, 0.25) is 0 Å². The Morgan fingerprint density at radius 3 is 1.11 bits per heavy atom. The Morgan fingerprint density at radius 2 is 0.733 bits per heavy atom. The second-order valence-electron chi connectivity index (χ2n) is 9.16. The van der Waals surface area contributed by atoms with Crippen molar-refractivity contribution in [1.29, 1.82) is 0 Å². The molecule has 0 unspecified atom stereocenters. The van der Waals surface area contributed by atoms with Gasteiger partial charge in [0.25, 0.3) is 11.4 Å². The topological polar surface area (TPSA) is 11.6 Å². The Morgan fingerprint density at radius 1 is 0.444 bits per heavy atom. The van der Waals surface area contributed by atoms with Crippen molar-refractivity contribution in [3.8, 4) is 11.4 Å². The summed E-state index contributed by atoms with van der Waals surface area (Å²) in [7, 11) is -25.8. The van der Waals surface area contributed by atoms with Crippen molar-refractivity contribution in [2.45, 2.75) is 6.92 Å². The molecular formula is C21H24F18N3P3. The van der Waals surface area contributed by atoms with Crippen LogP contribution in [0.15, 0.2) is 61.2 Å². The molecule has 0 saturated heterocycles. The number of pyridine rings is 3. The first-order valence-corrected chi connectivity index (χ1v) is 17.3. The summed E-state index contributed by atoms with van der Waals surface area (Å²) in [5.41, 5.74) is 6.06. The first kappa shape index (κ1) is 42.2. The minimum absolute atomic E-state index is 1.19. The fourth-order valence-electron chi connectivity index (χ4n) is 2.69. The first-order valence-electron chi connectivity index (χ1n) is 11.2. The average molecular weight is 753 g/mol. The molecule has 0 aliphatic carbocycles. The summed E-state index contributed by atoms with van der Waals surface area (Å²) in [6.07, 6.45) is 12.6. The van der Waals surface area contributed by atoms with Crippen molar-refractivity contribution in [1.82, 2.24) is 0 Å². The Hall–Kier alpha value is -2.78. The average Bonchev–Trinajstić information content (AvgIpc) is 2.69. The molecule has 0 spiro atoms. The molecule has 0 N–H and O–H groups in total. The number of aromatic nitrogens is 3. The third-order valence-electron chi connectivity index (χ3n) is 4.21. The SMILES string of the molecule is Cc1cc[n+](C)c(-c2cc(/C=C/c3cc[n+](C)cc3)cc[n+]2C)c1.F[P-](F)(F)(F)(F)F.F[P-](F)(F)(F)(F)F.F[P-](F)(F)(F)(F)F. The Labute approximate surface area is 242 Å². The van der Waals surface area contributed by atoms with Gasteiger partial charge in [-0.1, -0.05) is 12.2 Å². The van der Waals surface area contributed by atoms with Crippen LogP contribution < -0.4 is 13.7 Å². The van der Waals surface area contributed by atoms with Crippen molar-refractivity contribution in [2.75, 3.05) is 0 Å². The van der Waals surface area contributed by atoms with E-state index in [1.807, 2.05) is 11.6 Å². The van der Waals surface area contributed by atoms with E-state index in [1.54, 1.807) is 0 Å². The van der Waals surface area contributed by atoms with Crippen LogP contribution in [0.4, 0.5) is 75.5 Å². The second-order valence-corrected chi connectivity index (χ2v) is 14.9. The summed E-state index contributed by atoms with van der Waals surface area (Å²) in [5, 5.41) is 0. The number of nitrogens with zero attached hydrogens (tertiary/aromatic N) is 3. The molecule has 0 fully saturated rings. The van der Waals surface area contributed by atoms with E-state index in [9.17, 15) is 75.5 Å². The van der Waals surface area contributed by atoms with Crippen molar-refractivity contribution in [2.24, 2.45) is 21.1 Å². The maximum atomic E-state index is 9.87. The summed E-state index contributed by atoms with van der Waals surface area (Å²) in [5.74, 6) is 0. The number of aryl methyl sites for hydroxylation is 4. The van der Waals surface area contributed by atoms with Gasteiger partial charge in [-0.25, -0.2) is 4.57 Å². The van der Waals surface area contributed by atoms with Crippen LogP contribution in [0.1, 0.15) is 16.7 Å². The van der Waals surface area contributed by atoms with E-state index in [0.717, 1.165) is 0 Å². The van der Waals surface area contributed by atoms with Gasteiger partial charge in [-0.15, -0.1) is 0 Å². The van der Waals surface area contributed by atoms with Gasteiger partial charge in [0, 0.05) is 36.4 Å². The van der Waals surface area contributed by atoms with Crippen LogP contribution in [0, 0.1) is 6.92 Å². The predicted octanol–water partition coefficient (Wildman–Crippen LogP) is 12.5. The van der Waals surface area contributed by atoms with Crippen LogP contribution in [0.5, 0.6) is 0 Å². The van der Waals surface area contributed by atoms with Gasteiger partial charge >= 0.3 is 99.0 Å². The molecule has 3 rings (SSSR count). The summed E-state index contributed by atoms with van der Waals surface area (Å²) in [6.45, 7) is 2.13. The molecule has 0 bridgehead atoms. The fraction of sp³-hybridized carbons (Fsp3) is 0.190. The molecule has 0 aliphatic rings. The minimum atomic E-state index is -10.7. The van der Waals surface area contributed by atoms with E-state index >= 15 is 0 Å². The van der Waals surface area contributed by atoms with Gasteiger partial charge in [-0.3, -0.25) is 0 Å². The van der Waals surface area contributed by atoms with Gasteiger partial charge in [0.15, 0.2) is 24.8 Å². The van der Waals surface area contributed by atoms with Crippen LogP contribution in [0.2, 0.25) is 0 Å². The monoisotopic (exact) mass is 753 g/mol. The number of hydrogen-bond acceptors (Lipinski definition) is 0. The molecule has 0 amide bonds. The van der Waals surface area contributed by atoms with E-state index in [0.29, 0.717) is 0 Å². The van der Waals surface area contributed by atoms with Crippen LogP contribution >= 0.6 is 23.4 Å². The normalized spacial score (nSPS) is 16.8. The standard InChI is InChI=1S/C21H24N3.3F6P/c1-17-7-13-23(3)20(15-17)21-16-19(10-14-24(21)4)6-5-18-8-11-22(2)12-9-18;3*1-7(2,3,4,5)6/h5-16H,1-4H3;;;/q+3;3*-1/b6-5+;;;. The number of halogens is 18. The zero-order valence-electron chi connectivity index (χ0n) is 22.9. The Bertz CT molecular complexity index is 1430. The molecule has 0 aliphatic heterocycles. The zero-order valence-corrected chi connectivity index (χ0v) is 25.6. The maximum absolute atomic E-state index is 10.7. The van der Waals surface area contributed by atoms with Crippen LogP contribution in [-0.2, 0) is 21.1 Å². The van der Waals surface area contributed by atoms with Gasteiger partial charge in [0.1, 0.15) is 21.1 Å². The number of hydrogen-bond donors (Lipinski definition) is 0. The van der Waals surface area contributed by atoms with Crippen molar-refractivity contribution < 1.29 is 89.2 Å². The van der Waals surface area contributed by atoms with E-state index < -0.39 is 23.4 Å². The number of rotatable bonds is 3. The van der Waals surface area contributed by atoms with E-state index in [-0.39, 0.29) is 0 Å². The van der Waals surface area contributed by atoms with Gasteiger partial charge < -0.3 is 0 Å². The van der Waals surface area contributed by atoms with E-state index in [1.165, 1.54) is 28.1 Å².